The van der Waals surface area contributed by atoms with Crippen LogP contribution in [0.1, 0.15) is 29.8 Å². The van der Waals surface area contributed by atoms with Crippen LogP contribution in [0.25, 0.3) is 0 Å². The van der Waals surface area contributed by atoms with Crippen molar-refractivity contribution in [2.45, 2.75) is 26.3 Å². The summed E-state index contributed by atoms with van der Waals surface area (Å²) in [6.45, 7) is 4.75. The van der Waals surface area contributed by atoms with Crippen molar-refractivity contribution >= 4 is 5.91 Å². The summed E-state index contributed by atoms with van der Waals surface area (Å²) in [5, 5.41) is 0. The highest BCUT2D eigenvalue weighted by atomic mass is 16.1. The number of benzene rings is 1. The van der Waals surface area contributed by atoms with E-state index in [-0.39, 0.29) is 5.91 Å². The van der Waals surface area contributed by atoms with Gasteiger partial charge in [0.25, 0.3) is 0 Å². The summed E-state index contributed by atoms with van der Waals surface area (Å²) in [5.41, 5.74) is 6.96. The number of amides is 1. The molecule has 0 aliphatic carbocycles. The van der Waals surface area contributed by atoms with Gasteiger partial charge in [-0.3, -0.25) is 9.69 Å². The SMILES string of the molecule is CC#CCN(C)[C@H](C)Cc1cccc(C(N)=O)c1. The van der Waals surface area contributed by atoms with E-state index in [0.717, 1.165) is 18.5 Å². The van der Waals surface area contributed by atoms with Crippen LogP contribution in [0, 0.1) is 11.8 Å². The fraction of sp³-hybridized carbons (Fsp3) is 0.400. The van der Waals surface area contributed by atoms with Gasteiger partial charge >= 0.3 is 0 Å². The predicted octanol–water partition coefficient (Wildman–Crippen LogP) is 1.67. The quantitative estimate of drug-likeness (QED) is 0.801. The zero-order chi connectivity index (χ0) is 13.5. The Morgan fingerprint density at radius 3 is 2.83 bits per heavy atom. The molecule has 1 amide bonds. The van der Waals surface area contributed by atoms with Crippen molar-refractivity contribution in [2.24, 2.45) is 5.73 Å². The minimum Gasteiger partial charge on any atom is -0.366 e. The Labute approximate surface area is 109 Å². The highest BCUT2D eigenvalue weighted by molar-refractivity contribution is 5.92. The molecule has 0 spiro atoms. The van der Waals surface area contributed by atoms with Gasteiger partial charge in [0.2, 0.25) is 5.91 Å². The Hall–Kier alpha value is -1.79. The van der Waals surface area contributed by atoms with Crippen molar-refractivity contribution in [2.75, 3.05) is 13.6 Å². The van der Waals surface area contributed by atoms with Gasteiger partial charge in [0.15, 0.2) is 0 Å². The predicted molar refractivity (Wildman–Crippen MR) is 74.2 cm³/mol. The van der Waals surface area contributed by atoms with Crippen LogP contribution in [0.4, 0.5) is 0 Å². The van der Waals surface area contributed by atoms with Gasteiger partial charge in [-0.2, -0.15) is 0 Å². The van der Waals surface area contributed by atoms with E-state index in [9.17, 15) is 4.79 Å². The van der Waals surface area contributed by atoms with Crippen molar-refractivity contribution in [1.29, 1.82) is 0 Å². The third-order valence-electron chi connectivity index (χ3n) is 3.00. The maximum absolute atomic E-state index is 11.1. The molecule has 2 N–H and O–H groups in total. The fourth-order valence-corrected chi connectivity index (χ4v) is 1.71. The van der Waals surface area contributed by atoms with Crippen LogP contribution in [0.5, 0.6) is 0 Å². The number of nitrogens with zero attached hydrogens (tertiary/aromatic N) is 1. The summed E-state index contributed by atoms with van der Waals surface area (Å²) in [7, 11) is 2.05. The molecule has 96 valence electrons. The lowest BCUT2D eigenvalue weighted by atomic mass is 10.0. The van der Waals surface area contributed by atoms with Crippen molar-refractivity contribution in [3.8, 4) is 11.8 Å². The van der Waals surface area contributed by atoms with Gasteiger partial charge in [0.05, 0.1) is 6.54 Å². The molecule has 0 aliphatic rings. The Morgan fingerprint density at radius 1 is 1.50 bits per heavy atom. The molecule has 3 nitrogen and oxygen atoms in total. The highest BCUT2D eigenvalue weighted by Crippen LogP contribution is 2.10. The van der Waals surface area contributed by atoms with Gasteiger partial charge in [-0.15, -0.1) is 5.92 Å². The standard InChI is InChI=1S/C15H20N2O/c1-4-5-9-17(3)12(2)10-13-7-6-8-14(11-13)15(16)18/h6-8,11-12H,9-10H2,1-3H3,(H2,16,18)/t12-/m1/s1. The third kappa shape index (κ3) is 4.23. The lowest BCUT2D eigenvalue weighted by molar-refractivity contribution is 0.1000. The maximum Gasteiger partial charge on any atom is 0.248 e. The molecule has 1 rings (SSSR count). The molecule has 0 radical (unpaired) electrons. The average Bonchev–Trinajstić information content (AvgIpc) is 2.36. The molecule has 0 bridgehead atoms. The van der Waals surface area contributed by atoms with Crippen LogP contribution >= 0.6 is 0 Å². The topological polar surface area (TPSA) is 46.3 Å². The second-order valence-corrected chi connectivity index (χ2v) is 4.46. The molecular formula is C15H20N2O. The molecule has 0 unspecified atom stereocenters. The van der Waals surface area contributed by atoms with Gasteiger partial charge < -0.3 is 5.73 Å². The monoisotopic (exact) mass is 244 g/mol. The summed E-state index contributed by atoms with van der Waals surface area (Å²) in [6.07, 6.45) is 0.878. The van der Waals surface area contributed by atoms with Gasteiger partial charge in [0, 0.05) is 11.6 Å². The van der Waals surface area contributed by atoms with Crippen molar-refractivity contribution in [3.63, 3.8) is 0 Å². The summed E-state index contributed by atoms with van der Waals surface area (Å²) >= 11 is 0. The van der Waals surface area contributed by atoms with Crippen LogP contribution in [0.15, 0.2) is 24.3 Å². The van der Waals surface area contributed by atoms with Crippen LogP contribution in [0.3, 0.4) is 0 Å². The number of primary amides is 1. The normalized spacial score (nSPS) is 11.8. The Kier molecular flexibility index (Phi) is 5.41. The van der Waals surface area contributed by atoms with Gasteiger partial charge in [-0.25, -0.2) is 0 Å². The number of hydrogen-bond acceptors (Lipinski definition) is 2. The number of rotatable bonds is 5. The highest BCUT2D eigenvalue weighted by Gasteiger charge is 2.10. The number of carbonyl (C=O) groups excluding carboxylic acids is 1. The van der Waals surface area contributed by atoms with E-state index in [1.807, 2.05) is 32.2 Å². The molecule has 18 heavy (non-hydrogen) atoms. The molecule has 1 aromatic carbocycles. The first kappa shape index (κ1) is 14.3. The maximum atomic E-state index is 11.1. The first-order valence-electron chi connectivity index (χ1n) is 6.03. The minimum atomic E-state index is -0.380. The lowest BCUT2D eigenvalue weighted by Gasteiger charge is -2.22. The second kappa shape index (κ2) is 6.83. The Morgan fingerprint density at radius 2 is 2.22 bits per heavy atom. The summed E-state index contributed by atoms with van der Waals surface area (Å²) < 4.78 is 0. The molecule has 0 fully saturated rings. The molecule has 0 aromatic heterocycles. The molecule has 0 aliphatic heterocycles. The summed E-state index contributed by atoms with van der Waals surface area (Å²) in [6, 6.07) is 7.85. The van der Waals surface area contributed by atoms with Crippen LogP contribution in [-0.2, 0) is 6.42 Å². The number of hydrogen-bond donors (Lipinski definition) is 1. The first-order chi connectivity index (χ1) is 8.54. The van der Waals surface area contributed by atoms with Crippen molar-refractivity contribution in [3.05, 3.63) is 35.4 Å². The first-order valence-corrected chi connectivity index (χ1v) is 6.03. The van der Waals surface area contributed by atoms with E-state index in [2.05, 4.69) is 23.7 Å². The number of nitrogens with two attached hydrogens (primary N) is 1. The molecular weight excluding hydrogens is 224 g/mol. The zero-order valence-electron chi connectivity index (χ0n) is 11.2. The van der Waals surface area contributed by atoms with Crippen LogP contribution in [0.2, 0.25) is 0 Å². The second-order valence-electron chi connectivity index (χ2n) is 4.46. The van der Waals surface area contributed by atoms with Crippen molar-refractivity contribution in [1.82, 2.24) is 4.90 Å². The molecule has 3 heteroatoms. The largest absolute Gasteiger partial charge is 0.366 e. The van der Waals surface area contributed by atoms with E-state index < -0.39 is 0 Å². The molecule has 0 saturated heterocycles. The van der Waals surface area contributed by atoms with E-state index in [4.69, 9.17) is 5.73 Å². The van der Waals surface area contributed by atoms with E-state index >= 15 is 0 Å². The Balaban J connectivity index is 2.68. The number of carbonyl (C=O) groups is 1. The third-order valence-corrected chi connectivity index (χ3v) is 3.00. The van der Waals surface area contributed by atoms with Crippen LogP contribution < -0.4 is 5.73 Å². The zero-order valence-corrected chi connectivity index (χ0v) is 11.2. The Bertz CT molecular complexity index is 471. The lowest BCUT2D eigenvalue weighted by Crippen LogP contribution is -2.31. The minimum absolute atomic E-state index is 0.369. The van der Waals surface area contributed by atoms with Gasteiger partial charge in [-0.05, 0) is 45.0 Å². The van der Waals surface area contributed by atoms with Crippen molar-refractivity contribution < 1.29 is 4.79 Å². The van der Waals surface area contributed by atoms with Gasteiger partial charge in [0.1, 0.15) is 0 Å². The van der Waals surface area contributed by atoms with Gasteiger partial charge in [-0.1, -0.05) is 18.1 Å². The van der Waals surface area contributed by atoms with E-state index in [0.29, 0.717) is 11.6 Å². The fourth-order valence-electron chi connectivity index (χ4n) is 1.71. The molecule has 0 heterocycles. The van der Waals surface area contributed by atoms with E-state index in [1.54, 1.807) is 6.07 Å². The average molecular weight is 244 g/mol. The van der Waals surface area contributed by atoms with Crippen LogP contribution in [-0.4, -0.2) is 30.4 Å². The smallest absolute Gasteiger partial charge is 0.248 e. The molecule has 0 saturated carbocycles. The van der Waals surface area contributed by atoms with E-state index in [1.165, 1.54) is 0 Å². The molecule has 1 atom stereocenters. The number of likely N-dealkylation sites (N-methyl/N-ethyl adjacent to an activating group) is 1. The summed E-state index contributed by atoms with van der Waals surface area (Å²) in [4.78, 5) is 13.3. The molecule has 1 aromatic rings. The summed E-state index contributed by atoms with van der Waals surface area (Å²) in [5.74, 6) is 5.55.